The van der Waals surface area contributed by atoms with E-state index in [-0.39, 0.29) is 0 Å². The maximum absolute atomic E-state index is 10.7. The lowest BCUT2D eigenvalue weighted by atomic mass is 10.3. The van der Waals surface area contributed by atoms with E-state index < -0.39 is 5.97 Å². The van der Waals surface area contributed by atoms with Gasteiger partial charge in [0, 0.05) is 5.69 Å². The highest BCUT2D eigenvalue weighted by Crippen LogP contribution is 2.26. The quantitative estimate of drug-likeness (QED) is 0.842. The molecule has 2 aromatic heterocycles. The number of aryl methyl sites for hydroxylation is 1. The van der Waals surface area contributed by atoms with Gasteiger partial charge in [0.05, 0.1) is 10.6 Å². The Morgan fingerprint density at radius 2 is 2.20 bits per heavy atom. The summed E-state index contributed by atoms with van der Waals surface area (Å²) in [6.07, 6.45) is 1.48. The Bertz CT molecular complexity index is 508. The van der Waals surface area contributed by atoms with Crippen LogP contribution in [0.15, 0.2) is 24.5 Å². The van der Waals surface area contributed by atoms with Crippen molar-refractivity contribution in [1.82, 2.24) is 9.97 Å². The summed E-state index contributed by atoms with van der Waals surface area (Å²) in [7, 11) is 0. The van der Waals surface area contributed by atoms with Gasteiger partial charge in [-0.15, -0.1) is 11.3 Å². The van der Waals surface area contributed by atoms with Gasteiger partial charge in [0.2, 0.25) is 0 Å². The van der Waals surface area contributed by atoms with E-state index in [1.807, 2.05) is 13.0 Å². The van der Waals surface area contributed by atoms with E-state index in [0.29, 0.717) is 4.88 Å². The van der Waals surface area contributed by atoms with Gasteiger partial charge >= 0.3 is 5.97 Å². The molecule has 0 amide bonds. The maximum Gasteiger partial charge on any atom is 0.345 e. The number of aromatic carboxylic acids is 1. The zero-order valence-corrected chi connectivity index (χ0v) is 8.78. The Hall–Kier alpha value is -1.75. The number of carbonyl (C=O) groups is 1. The van der Waals surface area contributed by atoms with Crippen molar-refractivity contribution in [3.05, 3.63) is 35.1 Å². The van der Waals surface area contributed by atoms with Gasteiger partial charge in [-0.1, -0.05) is 0 Å². The van der Waals surface area contributed by atoms with Gasteiger partial charge < -0.3 is 5.11 Å². The predicted octanol–water partition coefficient (Wildman–Crippen LogP) is 2.21. The Labute approximate surface area is 90.3 Å². The SMILES string of the molecule is Cc1cc(-c2ccc(C(=O)O)s2)ncn1. The molecule has 0 aliphatic heterocycles. The third-order valence-electron chi connectivity index (χ3n) is 1.87. The summed E-state index contributed by atoms with van der Waals surface area (Å²) in [5.74, 6) is -0.906. The molecule has 0 fully saturated rings. The van der Waals surface area contributed by atoms with Crippen molar-refractivity contribution >= 4 is 17.3 Å². The number of carboxylic acid groups (broad SMARTS) is 1. The summed E-state index contributed by atoms with van der Waals surface area (Å²) >= 11 is 1.21. The van der Waals surface area contributed by atoms with E-state index in [1.54, 1.807) is 12.1 Å². The van der Waals surface area contributed by atoms with E-state index in [4.69, 9.17) is 5.11 Å². The topological polar surface area (TPSA) is 63.1 Å². The summed E-state index contributed by atoms with van der Waals surface area (Å²) in [6, 6.07) is 5.17. The number of nitrogens with zero attached hydrogens (tertiary/aromatic N) is 2. The standard InChI is InChI=1S/C10H8N2O2S/c1-6-4-7(12-5-11-6)8-2-3-9(15-8)10(13)14/h2-5H,1H3,(H,13,14). The summed E-state index contributed by atoms with van der Waals surface area (Å²) in [4.78, 5) is 19.9. The summed E-state index contributed by atoms with van der Waals surface area (Å²) in [6.45, 7) is 1.87. The van der Waals surface area contributed by atoms with Crippen LogP contribution in [0.2, 0.25) is 0 Å². The second-order valence-electron chi connectivity index (χ2n) is 3.01. The van der Waals surface area contributed by atoms with Crippen molar-refractivity contribution < 1.29 is 9.90 Å². The van der Waals surface area contributed by atoms with Crippen LogP contribution < -0.4 is 0 Å². The van der Waals surface area contributed by atoms with Crippen molar-refractivity contribution in [3.63, 3.8) is 0 Å². The van der Waals surface area contributed by atoms with Crippen molar-refractivity contribution in [2.45, 2.75) is 6.92 Å². The molecule has 2 aromatic rings. The molecule has 0 unspecified atom stereocenters. The van der Waals surface area contributed by atoms with Gasteiger partial charge in [-0.05, 0) is 25.1 Å². The molecule has 0 saturated carbocycles. The molecule has 0 saturated heterocycles. The molecule has 0 radical (unpaired) electrons. The normalized spacial score (nSPS) is 10.2. The van der Waals surface area contributed by atoms with Gasteiger partial charge in [0.15, 0.2) is 0 Å². The minimum absolute atomic E-state index is 0.321. The molecule has 0 aromatic carbocycles. The van der Waals surface area contributed by atoms with E-state index in [0.717, 1.165) is 16.3 Å². The van der Waals surface area contributed by atoms with Gasteiger partial charge in [-0.2, -0.15) is 0 Å². The molecular weight excluding hydrogens is 212 g/mol. The minimum Gasteiger partial charge on any atom is -0.477 e. The Morgan fingerprint density at radius 3 is 2.80 bits per heavy atom. The molecule has 15 heavy (non-hydrogen) atoms. The number of rotatable bonds is 2. The fraction of sp³-hybridized carbons (Fsp3) is 0.100. The van der Waals surface area contributed by atoms with Crippen LogP contribution in [-0.2, 0) is 0 Å². The van der Waals surface area contributed by atoms with Gasteiger partial charge in [-0.25, -0.2) is 14.8 Å². The highest BCUT2D eigenvalue weighted by Gasteiger charge is 2.09. The third-order valence-corrected chi connectivity index (χ3v) is 2.97. The van der Waals surface area contributed by atoms with Crippen LogP contribution in [0.25, 0.3) is 10.6 Å². The third kappa shape index (κ3) is 2.02. The molecule has 5 heteroatoms. The second kappa shape index (κ2) is 3.78. The molecule has 0 atom stereocenters. The lowest BCUT2D eigenvalue weighted by Crippen LogP contribution is -1.89. The van der Waals surface area contributed by atoms with Gasteiger partial charge in [0.25, 0.3) is 0 Å². The average molecular weight is 220 g/mol. The van der Waals surface area contributed by atoms with Crippen LogP contribution >= 0.6 is 11.3 Å². The molecule has 2 rings (SSSR count). The van der Waals surface area contributed by atoms with E-state index in [9.17, 15) is 4.79 Å². The lowest BCUT2D eigenvalue weighted by Gasteiger charge is -1.96. The number of hydrogen-bond donors (Lipinski definition) is 1. The fourth-order valence-electron chi connectivity index (χ4n) is 1.18. The summed E-state index contributed by atoms with van der Waals surface area (Å²) < 4.78 is 0. The number of carboxylic acids is 1. The van der Waals surface area contributed by atoms with E-state index in [2.05, 4.69) is 9.97 Å². The van der Waals surface area contributed by atoms with E-state index in [1.165, 1.54) is 17.7 Å². The largest absolute Gasteiger partial charge is 0.477 e. The van der Waals surface area contributed by atoms with Crippen LogP contribution in [0.4, 0.5) is 0 Å². The first-order valence-corrected chi connectivity index (χ1v) is 5.10. The Morgan fingerprint density at radius 1 is 1.40 bits per heavy atom. The zero-order valence-electron chi connectivity index (χ0n) is 7.97. The van der Waals surface area contributed by atoms with Crippen molar-refractivity contribution in [2.24, 2.45) is 0 Å². The van der Waals surface area contributed by atoms with Crippen LogP contribution in [0, 0.1) is 6.92 Å². The highest BCUT2D eigenvalue weighted by molar-refractivity contribution is 7.17. The zero-order chi connectivity index (χ0) is 10.8. The number of aromatic nitrogens is 2. The molecule has 4 nitrogen and oxygen atoms in total. The van der Waals surface area contributed by atoms with Crippen LogP contribution in [0.3, 0.4) is 0 Å². The molecule has 76 valence electrons. The second-order valence-corrected chi connectivity index (χ2v) is 4.10. The molecular formula is C10H8N2O2S. The van der Waals surface area contributed by atoms with Gasteiger partial charge in [0.1, 0.15) is 11.2 Å². The summed E-state index contributed by atoms with van der Waals surface area (Å²) in [5, 5.41) is 8.78. The monoisotopic (exact) mass is 220 g/mol. The van der Waals surface area contributed by atoms with Crippen molar-refractivity contribution in [2.75, 3.05) is 0 Å². The summed E-state index contributed by atoms with van der Waals surface area (Å²) in [5.41, 5.74) is 1.63. The first-order valence-electron chi connectivity index (χ1n) is 4.29. The van der Waals surface area contributed by atoms with Gasteiger partial charge in [-0.3, -0.25) is 0 Å². The lowest BCUT2D eigenvalue weighted by molar-refractivity contribution is 0.0702. The first-order chi connectivity index (χ1) is 7.16. The predicted molar refractivity (Wildman–Crippen MR) is 57.0 cm³/mol. The minimum atomic E-state index is -0.906. The van der Waals surface area contributed by atoms with Crippen LogP contribution in [0.1, 0.15) is 15.4 Å². The highest BCUT2D eigenvalue weighted by atomic mass is 32.1. The van der Waals surface area contributed by atoms with Crippen molar-refractivity contribution in [3.8, 4) is 10.6 Å². The molecule has 0 aliphatic rings. The molecule has 0 aliphatic carbocycles. The molecule has 0 spiro atoms. The van der Waals surface area contributed by atoms with Crippen LogP contribution in [-0.4, -0.2) is 21.0 Å². The molecule has 2 heterocycles. The number of hydrogen-bond acceptors (Lipinski definition) is 4. The Balaban J connectivity index is 2.41. The fourth-order valence-corrected chi connectivity index (χ4v) is 1.99. The van der Waals surface area contributed by atoms with E-state index >= 15 is 0 Å². The molecule has 0 bridgehead atoms. The molecule has 1 N–H and O–H groups in total. The maximum atomic E-state index is 10.7. The average Bonchev–Trinajstić information content (AvgIpc) is 2.66. The smallest absolute Gasteiger partial charge is 0.345 e. The number of thiophene rings is 1. The first kappa shape index (κ1) is 9.79. The van der Waals surface area contributed by atoms with Crippen LogP contribution in [0.5, 0.6) is 0 Å². The Kier molecular flexibility index (Phi) is 2.47. The van der Waals surface area contributed by atoms with Crippen molar-refractivity contribution in [1.29, 1.82) is 0 Å².